The normalized spacial score (nSPS) is 12.0. The van der Waals surface area contributed by atoms with Crippen molar-refractivity contribution < 1.29 is 14.7 Å². The molecule has 5 heteroatoms. The fourth-order valence-corrected chi connectivity index (χ4v) is 2.02. The van der Waals surface area contributed by atoms with Gasteiger partial charge in [-0.3, -0.25) is 4.79 Å². The predicted molar refractivity (Wildman–Crippen MR) is 81.9 cm³/mol. The van der Waals surface area contributed by atoms with Crippen LogP contribution in [-0.2, 0) is 11.3 Å². The summed E-state index contributed by atoms with van der Waals surface area (Å²) in [6.07, 6.45) is -0.0632. The Balaban J connectivity index is 2.67. The third-order valence-electron chi connectivity index (χ3n) is 3.39. The molecule has 5 nitrogen and oxygen atoms in total. The Morgan fingerprint density at radius 2 is 1.86 bits per heavy atom. The van der Waals surface area contributed by atoms with Crippen LogP contribution in [0, 0.1) is 5.92 Å². The molecule has 1 aromatic carbocycles. The number of urea groups is 1. The third kappa shape index (κ3) is 5.85. The van der Waals surface area contributed by atoms with Crippen molar-refractivity contribution in [3.05, 3.63) is 35.9 Å². The highest BCUT2D eigenvalue weighted by Crippen LogP contribution is 2.09. The smallest absolute Gasteiger partial charge is 0.317 e. The van der Waals surface area contributed by atoms with Gasteiger partial charge in [0.2, 0.25) is 0 Å². The maximum atomic E-state index is 12.3. The van der Waals surface area contributed by atoms with E-state index in [-0.39, 0.29) is 24.4 Å². The van der Waals surface area contributed by atoms with Crippen LogP contribution in [0.4, 0.5) is 4.79 Å². The highest BCUT2D eigenvalue weighted by Gasteiger charge is 2.22. The average molecular weight is 292 g/mol. The molecule has 0 fully saturated rings. The quantitative estimate of drug-likeness (QED) is 0.812. The van der Waals surface area contributed by atoms with E-state index in [0.717, 1.165) is 5.56 Å². The summed E-state index contributed by atoms with van der Waals surface area (Å²) >= 11 is 0. The van der Waals surface area contributed by atoms with Crippen molar-refractivity contribution in [3.8, 4) is 0 Å². The molecule has 0 heterocycles. The van der Waals surface area contributed by atoms with Crippen LogP contribution in [0.5, 0.6) is 0 Å². The molecule has 1 aromatic rings. The topological polar surface area (TPSA) is 69.6 Å². The number of carboxylic acids is 1. The summed E-state index contributed by atoms with van der Waals surface area (Å²) in [6, 6.07) is 9.15. The number of nitrogens with one attached hydrogen (secondary N) is 1. The summed E-state index contributed by atoms with van der Waals surface area (Å²) in [5, 5.41) is 11.7. The Hall–Kier alpha value is -2.04. The maximum absolute atomic E-state index is 12.3. The lowest BCUT2D eigenvalue weighted by molar-refractivity contribution is -0.137. The fourth-order valence-electron chi connectivity index (χ4n) is 2.02. The van der Waals surface area contributed by atoms with Crippen molar-refractivity contribution in [1.29, 1.82) is 0 Å². The summed E-state index contributed by atoms with van der Waals surface area (Å²) in [7, 11) is 0. The van der Waals surface area contributed by atoms with Gasteiger partial charge in [-0.25, -0.2) is 4.79 Å². The summed E-state index contributed by atoms with van der Waals surface area (Å²) in [4.78, 5) is 24.8. The van der Waals surface area contributed by atoms with E-state index in [1.165, 1.54) is 0 Å². The first-order valence-corrected chi connectivity index (χ1v) is 7.25. The first kappa shape index (κ1) is 17.0. The number of rotatable bonds is 7. The lowest BCUT2D eigenvalue weighted by Gasteiger charge is -2.27. The molecular formula is C16H24N2O3. The molecule has 2 N–H and O–H groups in total. The van der Waals surface area contributed by atoms with Crippen molar-refractivity contribution in [3.63, 3.8) is 0 Å². The molecule has 21 heavy (non-hydrogen) atoms. The minimum atomic E-state index is -0.903. The summed E-state index contributed by atoms with van der Waals surface area (Å²) in [5.41, 5.74) is 1.05. The Morgan fingerprint density at radius 1 is 1.24 bits per heavy atom. The molecule has 0 spiro atoms. The molecular weight excluding hydrogens is 268 g/mol. The molecule has 0 aliphatic rings. The molecule has 0 radical (unpaired) electrons. The lowest BCUT2D eigenvalue weighted by atomic mass is 10.0. The van der Waals surface area contributed by atoms with Gasteiger partial charge >= 0.3 is 12.0 Å². The molecule has 2 amide bonds. The zero-order valence-corrected chi connectivity index (χ0v) is 12.9. The van der Waals surface area contributed by atoms with Crippen LogP contribution in [-0.4, -0.2) is 34.6 Å². The monoisotopic (exact) mass is 292 g/mol. The SMILES string of the molecule is CCN(Cc1ccccc1)C(=O)NC(CC(=O)O)C(C)C. The van der Waals surface area contributed by atoms with Crippen molar-refractivity contribution in [2.45, 2.75) is 39.8 Å². The van der Waals surface area contributed by atoms with E-state index < -0.39 is 5.97 Å². The Kier molecular flexibility index (Phi) is 6.72. The summed E-state index contributed by atoms with van der Waals surface area (Å²) in [6.45, 7) is 6.80. The molecule has 0 saturated carbocycles. The van der Waals surface area contributed by atoms with Gasteiger partial charge in [-0.2, -0.15) is 0 Å². The number of benzene rings is 1. The Bertz CT molecular complexity index is 460. The molecule has 1 atom stereocenters. The molecule has 0 aliphatic heterocycles. The van der Waals surface area contributed by atoms with Gasteiger partial charge in [0.15, 0.2) is 0 Å². The Morgan fingerprint density at radius 3 is 2.33 bits per heavy atom. The van der Waals surface area contributed by atoms with Crippen LogP contribution in [0.15, 0.2) is 30.3 Å². The number of carbonyl (C=O) groups excluding carboxylic acids is 1. The third-order valence-corrected chi connectivity index (χ3v) is 3.39. The number of carboxylic acid groups (broad SMARTS) is 1. The molecule has 116 valence electrons. The van der Waals surface area contributed by atoms with E-state index in [4.69, 9.17) is 5.11 Å². The first-order valence-electron chi connectivity index (χ1n) is 7.25. The molecule has 0 bridgehead atoms. The highest BCUT2D eigenvalue weighted by atomic mass is 16.4. The van der Waals surface area contributed by atoms with E-state index in [0.29, 0.717) is 13.1 Å². The number of nitrogens with zero attached hydrogens (tertiary/aromatic N) is 1. The highest BCUT2D eigenvalue weighted by molar-refractivity contribution is 5.76. The van der Waals surface area contributed by atoms with Gasteiger partial charge in [0, 0.05) is 19.1 Å². The number of aliphatic carboxylic acids is 1. The minimum Gasteiger partial charge on any atom is -0.481 e. The summed E-state index contributed by atoms with van der Waals surface area (Å²) in [5.74, 6) is -0.833. The summed E-state index contributed by atoms with van der Waals surface area (Å²) < 4.78 is 0. The molecule has 0 saturated heterocycles. The van der Waals surface area contributed by atoms with Gasteiger partial charge < -0.3 is 15.3 Å². The van der Waals surface area contributed by atoms with Crippen molar-refractivity contribution >= 4 is 12.0 Å². The average Bonchev–Trinajstić information content (AvgIpc) is 2.44. The van der Waals surface area contributed by atoms with Crippen molar-refractivity contribution in [1.82, 2.24) is 10.2 Å². The lowest BCUT2D eigenvalue weighted by Crippen LogP contribution is -2.47. The number of hydrogen-bond acceptors (Lipinski definition) is 2. The van der Waals surface area contributed by atoms with E-state index in [9.17, 15) is 9.59 Å². The standard InChI is InChI=1S/C16H24N2O3/c1-4-18(11-13-8-6-5-7-9-13)16(21)17-14(12(2)3)10-15(19)20/h5-9,12,14H,4,10-11H2,1-3H3,(H,17,21)(H,19,20). The van der Waals surface area contributed by atoms with E-state index in [2.05, 4.69) is 5.32 Å². The van der Waals surface area contributed by atoms with Gasteiger partial charge in [-0.1, -0.05) is 44.2 Å². The first-order chi connectivity index (χ1) is 9.93. The largest absolute Gasteiger partial charge is 0.481 e. The maximum Gasteiger partial charge on any atom is 0.317 e. The van der Waals surface area contributed by atoms with Gasteiger partial charge in [-0.15, -0.1) is 0 Å². The number of amides is 2. The van der Waals surface area contributed by atoms with Gasteiger partial charge in [0.25, 0.3) is 0 Å². The van der Waals surface area contributed by atoms with Crippen LogP contribution >= 0.6 is 0 Å². The van der Waals surface area contributed by atoms with Crippen molar-refractivity contribution in [2.24, 2.45) is 5.92 Å². The van der Waals surface area contributed by atoms with Crippen molar-refractivity contribution in [2.75, 3.05) is 6.54 Å². The zero-order valence-electron chi connectivity index (χ0n) is 12.9. The van der Waals surface area contributed by atoms with Crippen LogP contribution in [0.2, 0.25) is 0 Å². The fraction of sp³-hybridized carbons (Fsp3) is 0.500. The predicted octanol–water partition coefficient (Wildman–Crippen LogP) is 2.72. The van der Waals surface area contributed by atoms with Crippen LogP contribution in [0.25, 0.3) is 0 Å². The van der Waals surface area contributed by atoms with Crippen LogP contribution < -0.4 is 5.32 Å². The Labute approximate surface area is 126 Å². The number of hydrogen-bond donors (Lipinski definition) is 2. The van der Waals surface area contributed by atoms with Gasteiger partial charge in [-0.05, 0) is 18.4 Å². The van der Waals surface area contributed by atoms with E-state index in [1.807, 2.05) is 51.1 Å². The van der Waals surface area contributed by atoms with Crippen LogP contribution in [0.3, 0.4) is 0 Å². The second kappa shape index (κ2) is 8.29. The zero-order chi connectivity index (χ0) is 15.8. The van der Waals surface area contributed by atoms with Gasteiger partial charge in [0.05, 0.1) is 6.42 Å². The second-order valence-corrected chi connectivity index (χ2v) is 5.40. The van der Waals surface area contributed by atoms with E-state index >= 15 is 0 Å². The molecule has 1 rings (SSSR count). The molecule has 0 aromatic heterocycles. The second-order valence-electron chi connectivity index (χ2n) is 5.40. The minimum absolute atomic E-state index is 0.0632. The molecule has 1 unspecified atom stereocenters. The molecule has 0 aliphatic carbocycles. The van der Waals surface area contributed by atoms with E-state index in [1.54, 1.807) is 4.90 Å². The number of carbonyl (C=O) groups is 2. The van der Waals surface area contributed by atoms with Gasteiger partial charge in [0.1, 0.15) is 0 Å². The van der Waals surface area contributed by atoms with Crippen LogP contribution in [0.1, 0.15) is 32.8 Å².